The molecule has 2 atom stereocenters. The number of nitrogens with zero attached hydrogens (tertiary/aromatic N) is 2. The number of aldehydes is 1. The van der Waals surface area contributed by atoms with Crippen LogP contribution in [0.3, 0.4) is 0 Å². The molecule has 0 radical (unpaired) electrons. The Morgan fingerprint density at radius 2 is 2.00 bits per heavy atom. The number of nitrogens with one attached hydrogen (secondary N) is 1. The number of hydrogen-bond acceptors (Lipinski definition) is 6. The lowest BCUT2D eigenvalue weighted by Crippen LogP contribution is -2.22. The molecular formula is C21H21F3N4O3. The fraction of sp³-hybridized carbons (Fsp3) is 0.333. The number of allylic oxidation sites excluding steroid dienone is 1. The second-order valence-corrected chi connectivity index (χ2v) is 7.16. The number of carbonyl (C=O) groups is 2. The Bertz CT molecular complexity index is 990. The van der Waals surface area contributed by atoms with Crippen molar-refractivity contribution < 1.29 is 27.5 Å². The molecule has 1 amide bonds. The van der Waals surface area contributed by atoms with E-state index in [1.807, 2.05) is 6.08 Å². The molecule has 1 aromatic heterocycles. The largest absolute Gasteiger partial charge is 0.490 e. The summed E-state index contributed by atoms with van der Waals surface area (Å²) in [5.74, 6) is 0.272. The number of ether oxygens (including phenoxy) is 1. The van der Waals surface area contributed by atoms with Gasteiger partial charge in [-0.25, -0.2) is 9.97 Å². The van der Waals surface area contributed by atoms with Crippen LogP contribution in [0.4, 0.5) is 19.0 Å². The van der Waals surface area contributed by atoms with Gasteiger partial charge < -0.3 is 20.6 Å². The summed E-state index contributed by atoms with van der Waals surface area (Å²) in [7, 11) is 0. The van der Waals surface area contributed by atoms with Gasteiger partial charge in [-0.2, -0.15) is 13.2 Å². The Kier molecular flexibility index (Phi) is 6.57. The van der Waals surface area contributed by atoms with Gasteiger partial charge in [0.25, 0.3) is 5.91 Å². The molecule has 31 heavy (non-hydrogen) atoms. The van der Waals surface area contributed by atoms with E-state index in [0.29, 0.717) is 42.9 Å². The molecule has 0 spiro atoms. The van der Waals surface area contributed by atoms with Crippen molar-refractivity contribution in [2.24, 2.45) is 5.73 Å². The smallest absolute Gasteiger partial charge is 0.416 e. The summed E-state index contributed by atoms with van der Waals surface area (Å²) in [6.07, 6.45) is -0.417. The Balaban J connectivity index is 1.72. The summed E-state index contributed by atoms with van der Waals surface area (Å²) >= 11 is 0. The van der Waals surface area contributed by atoms with E-state index in [-0.39, 0.29) is 11.8 Å². The predicted molar refractivity (Wildman–Crippen MR) is 107 cm³/mol. The van der Waals surface area contributed by atoms with Crippen LogP contribution in [0.25, 0.3) is 5.57 Å². The van der Waals surface area contributed by atoms with Crippen LogP contribution in [-0.2, 0) is 11.0 Å². The maximum atomic E-state index is 12.7. The molecule has 1 aromatic carbocycles. The van der Waals surface area contributed by atoms with E-state index < -0.39 is 23.7 Å². The second kappa shape index (κ2) is 9.15. The van der Waals surface area contributed by atoms with Gasteiger partial charge in [0.2, 0.25) is 0 Å². The summed E-state index contributed by atoms with van der Waals surface area (Å²) in [6, 6.07) is 5.44. The zero-order valence-corrected chi connectivity index (χ0v) is 16.6. The highest BCUT2D eigenvalue weighted by Crippen LogP contribution is 2.32. The number of halogens is 3. The molecule has 1 aliphatic rings. The SMILES string of the molecule is CC(C=O)Nc1cc(C(N)=O)nc(C2=CCC(Oc3ccc(C(F)(F)F)cc3)CC2)n1. The summed E-state index contributed by atoms with van der Waals surface area (Å²) < 4.78 is 43.8. The fourth-order valence-corrected chi connectivity index (χ4v) is 3.09. The first-order valence-corrected chi connectivity index (χ1v) is 9.59. The van der Waals surface area contributed by atoms with Crippen LogP contribution in [0.5, 0.6) is 5.75 Å². The van der Waals surface area contributed by atoms with Gasteiger partial charge in [-0.15, -0.1) is 0 Å². The van der Waals surface area contributed by atoms with Crippen molar-refractivity contribution in [3.63, 3.8) is 0 Å². The van der Waals surface area contributed by atoms with Crippen molar-refractivity contribution in [2.75, 3.05) is 5.32 Å². The van der Waals surface area contributed by atoms with Crippen LogP contribution >= 0.6 is 0 Å². The number of aromatic nitrogens is 2. The number of rotatable bonds is 7. The molecule has 2 aromatic rings. The van der Waals surface area contributed by atoms with Crippen molar-refractivity contribution in [3.8, 4) is 5.75 Å². The van der Waals surface area contributed by atoms with Crippen LogP contribution in [0.15, 0.2) is 36.4 Å². The van der Waals surface area contributed by atoms with E-state index in [1.165, 1.54) is 18.2 Å². The molecule has 164 valence electrons. The molecule has 2 unspecified atom stereocenters. The van der Waals surface area contributed by atoms with Crippen molar-refractivity contribution in [3.05, 3.63) is 53.5 Å². The van der Waals surface area contributed by atoms with Crippen LogP contribution in [0, 0.1) is 0 Å². The number of hydrogen-bond donors (Lipinski definition) is 2. The highest BCUT2D eigenvalue weighted by atomic mass is 19.4. The number of alkyl halides is 3. The molecule has 7 nitrogen and oxygen atoms in total. The van der Waals surface area contributed by atoms with Crippen LogP contribution in [0.1, 0.15) is 48.1 Å². The lowest BCUT2D eigenvalue weighted by atomic mass is 9.96. The molecule has 0 saturated carbocycles. The molecule has 3 N–H and O–H groups in total. The zero-order chi connectivity index (χ0) is 22.6. The van der Waals surface area contributed by atoms with Crippen molar-refractivity contribution in [1.82, 2.24) is 9.97 Å². The fourth-order valence-electron chi connectivity index (χ4n) is 3.09. The standard InChI is InChI=1S/C21H21F3N4O3/c1-12(11-29)26-18-10-17(19(25)30)27-20(28-18)13-2-6-15(7-3-13)31-16-8-4-14(5-9-16)21(22,23)24/h2,4-5,8-12,15H,3,6-7H2,1H3,(H2,25,30)(H,26,27,28). The zero-order valence-electron chi connectivity index (χ0n) is 16.6. The quantitative estimate of drug-likeness (QED) is 0.645. The molecule has 0 saturated heterocycles. The maximum Gasteiger partial charge on any atom is 0.416 e. The molecule has 3 rings (SSSR count). The van der Waals surface area contributed by atoms with Gasteiger partial charge in [0, 0.05) is 12.5 Å². The van der Waals surface area contributed by atoms with E-state index in [2.05, 4.69) is 15.3 Å². The van der Waals surface area contributed by atoms with Gasteiger partial charge in [0.05, 0.1) is 11.6 Å². The summed E-state index contributed by atoms with van der Waals surface area (Å²) in [4.78, 5) is 31.1. The number of amides is 1. The summed E-state index contributed by atoms with van der Waals surface area (Å²) in [5.41, 5.74) is 5.43. The number of benzene rings is 1. The minimum Gasteiger partial charge on any atom is -0.490 e. The van der Waals surface area contributed by atoms with E-state index in [1.54, 1.807) is 6.92 Å². The van der Waals surface area contributed by atoms with Crippen LogP contribution in [-0.4, -0.2) is 34.3 Å². The lowest BCUT2D eigenvalue weighted by molar-refractivity contribution is -0.137. The van der Waals surface area contributed by atoms with Gasteiger partial charge in [-0.3, -0.25) is 4.79 Å². The number of nitrogens with two attached hydrogens (primary N) is 1. The predicted octanol–water partition coefficient (Wildman–Crippen LogP) is 3.61. The highest BCUT2D eigenvalue weighted by Gasteiger charge is 2.30. The minimum atomic E-state index is -4.39. The minimum absolute atomic E-state index is 0.0228. The van der Waals surface area contributed by atoms with Crippen molar-refractivity contribution in [1.29, 1.82) is 0 Å². The Hall–Kier alpha value is -3.43. The normalized spacial score (nSPS) is 17.4. The molecular weight excluding hydrogens is 413 g/mol. The second-order valence-electron chi connectivity index (χ2n) is 7.16. The third kappa shape index (κ3) is 5.80. The molecule has 1 aliphatic carbocycles. The molecule has 10 heteroatoms. The Labute approximate surface area is 176 Å². The summed E-state index contributed by atoms with van der Waals surface area (Å²) in [6.45, 7) is 1.64. The van der Waals surface area contributed by atoms with Crippen molar-refractivity contribution in [2.45, 2.75) is 44.5 Å². The third-order valence-electron chi connectivity index (χ3n) is 4.69. The average Bonchev–Trinajstić information content (AvgIpc) is 2.73. The first kappa shape index (κ1) is 22.3. The van der Waals surface area contributed by atoms with Crippen molar-refractivity contribution >= 4 is 23.6 Å². The Morgan fingerprint density at radius 1 is 1.29 bits per heavy atom. The summed E-state index contributed by atoms with van der Waals surface area (Å²) in [5, 5.41) is 2.86. The highest BCUT2D eigenvalue weighted by molar-refractivity contribution is 5.92. The van der Waals surface area contributed by atoms with E-state index in [9.17, 15) is 22.8 Å². The first-order chi connectivity index (χ1) is 14.7. The topological polar surface area (TPSA) is 107 Å². The van der Waals surface area contributed by atoms with E-state index in [4.69, 9.17) is 10.5 Å². The number of carbonyl (C=O) groups excluding carboxylic acids is 2. The van der Waals surface area contributed by atoms with E-state index in [0.717, 1.165) is 17.7 Å². The molecule has 0 bridgehead atoms. The van der Waals surface area contributed by atoms with Gasteiger partial charge in [-0.1, -0.05) is 6.08 Å². The van der Waals surface area contributed by atoms with E-state index >= 15 is 0 Å². The first-order valence-electron chi connectivity index (χ1n) is 9.59. The van der Waals surface area contributed by atoms with Gasteiger partial charge in [-0.05, 0) is 49.6 Å². The number of primary amides is 1. The van der Waals surface area contributed by atoms with Gasteiger partial charge in [0.1, 0.15) is 29.7 Å². The lowest BCUT2D eigenvalue weighted by Gasteiger charge is -2.23. The monoisotopic (exact) mass is 434 g/mol. The van der Waals surface area contributed by atoms with Gasteiger partial charge >= 0.3 is 6.18 Å². The molecule has 0 aliphatic heterocycles. The maximum absolute atomic E-state index is 12.7. The average molecular weight is 434 g/mol. The number of anilines is 1. The Morgan fingerprint density at radius 3 is 2.55 bits per heavy atom. The van der Waals surface area contributed by atoms with Gasteiger partial charge in [0.15, 0.2) is 5.82 Å². The third-order valence-corrected chi connectivity index (χ3v) is 4.69. The van der Waals surface area contributed by atoms with Crippen LogP contribution < -0.4 is 15.8 Å². The van der Waals surface area contributed by atoms with Crippen LogP contribution in [0.2, 0.25) is 0 Å². The molecule has 0 fully saturated rings. The molecule has 1 heterocycles.